The Balaban J connectivity index is 1.61. The van der Waals surface area contributed by atoms with E-state index in [1.807, 2.05) is 0 Å². The SMILES string of the molecule is Cc1ccc(C[NH+]2CCN(S(=O)(=O)c3ccc(Br)s3)CC2)cc1. The molecular formula is C16H20BrN2O2S2+. The minimum Gasteiger partial charge on any atom is -0.329 e. The van der Waals surface area contributed by atoms with E-state index in [1.54, 1.807) is 16.4 Å². The number of nitrogens with zero attached hydrogens (tertiary/aromatic N) is 1. The summed E-state index contributed by atoms with van der Waals surface area (Å²) < 4.78 is 28.1. The van der Waals surface area contributed by atoms with Gasteiger partial charge in [0, 0.05) is 5.56 Å². The summed E-state index contributed by atoms with van der Waals surface area (Å²) in [4.78, 5) is 1.44. The molecule has 0 atom stereocenters. The van der Waals surface area contributed by atoms with Gasteiger partial charge in [0.15, 0.2) is 0 Å². The number of hydrogen-bond donors (Lipinski definition) is 1. The van der Waals surface area contributed by atoms with Gasteiger partial charge in [-0.15, -0.1) is 11.3 Å². The van der Waals surface area contributed by atoms with Crippen molar-refractivity contribution in [1.82, 2.24) is 4.31 Å². The Labute approximate surface area is 149 Å². The number of aryl methyl sites for hydroxylation is 1. The number of rotatable bonds is 4. The molecule has 1 aromatic carbocycles. The molecule has 2 aromatic rings. The predicted octanol–water partition coefficient (Wildman–Crippen LogP) is 1.91. The van der Waals surface area contributed by atoms with Gasteiger partial charge in [-0.2, -0.15) is 4.31 Å². The lowest BCUT2D eigenvalue weighted by Crippen LogP contribution is -3.13. The van der Waals surface area contributed by atoms with Gasteiger partial charge in [-0.25, -0.2) is 8.42 Å². The third-order valence-corrected chi connectivity index (χ3v) is 8.14. The standard InChI is InChI=1S/C16H19BrN2O2S2/c1-13-2-4-14(5-3-13)12-18-8-10-19(11-9-18)23(20,21)16-7-6-15(17)22-16/h2-7H,8-12H2,1H3/p+1. The van der Waals surface area contributed by atoms with Crippen LogP contribution < -0.4 is 4.90 Å². The summed E-state index contributed by atoms with van der Waals surface area (Å²) in [6, 6.07) is 12.0. The molecule has 0 saturated carbocycles. The van der Waals surface area contributed by atoms with E-state index in [9.17, 15) is 8.42 Å². The van der Waals surface area contributed by atoms with Crippen LogP contribution in [-0.4, -0.2) is 38.9 Å². The summed E-state index contributed by atoms with van der Waals surface area (Å²) >= 11 is 4.61. The molecule has 0 amide bonds. The summed E-state index contributed by atoms with van der Waals surface area (Å²) in [6.45, 7) is 5.90. The molecule has 7 heteroatoms. The molecule has 1 N–H and O–H groups in total. The van der Waals surface area contributed by atoms with Gasteiger partial charge in [-0.1, -0.05) is 29.8 Å². The number of sulfonamides is 1. The smallest absolute Gasteiger partial charge is 0.252 e. The number of piperazine rings is 1. The maximum absolute atomic E-state index is 12.6. The maximum atomic E-state index is 12.6. The van der Waals surface area contributed by atoms with E-state index in [2.05, 4.69) is 47.1 Å². The molecule has 0 spiro atoms. The van der Waals surface area contributed by atoms with Crippen LogP contribution in [0.3, 0.4) is 0 Å². The van der Waals surface area contributed by atoms with Crippen LogP contribution in [0.25, 0.3) is 0 Å². The third-order valence-electron chi connectivity index (χ3n) is 4.15. The van der Waals surface area contributed by atoms with Crippen LogP contribution in [0.2, 0.25) is 0 Å². The molecule has 0 aliphatic carbocycles. The number of hydrogen-bond acceptors (Lipinski definition) is 3. The molecule has 23 heavy (non-hydrogen) atoms. The lowest BCUT2D eigenvalue weighted by Gasteiger charge is -2.31. The number of benzene rings is 1. The van der Waals surface area contributed by atoms with Gasteiger partial charge in [-0.3, -0.25) is 0 Å². The highest BCUT2D eigenvalue weighted by molar-refractivity contribution is 9.11. The van der Waals surface area contributed by atoms with E-state index in [4.69, 9.17) is 0 Å². The molecule has 1 aliphatic rings. The monoisotopic (exact) mass is 415 g/mol. The number of nitrogens with one attached hydrogen (secondary N) is 1. The van der Waals surface area contributed by atoms with Crippen molar-refractivity contribution in [2.75, 3.05) is 26.2 Å². The Kier molecular flexibility index (Phi) is 5.22. The highest BCUT2D eigenvalue weighted by Gasteiger charge is 2.31. The fraction of sp³-hybridized carbons (Fsp3) is 0.375. The van der Waals surface area contributed by atoms with Crippen LogP contribution in [0, 0.1) is 6.92 Å². The van der Waals surface area contributed by atoms with E-state index in [0.717, 1.165) is 23.4 Å². The van der Waals surface area contributed by atoms with Gasteiger partial charge in [0.1, 0.15) is 10.8 Å². The first-order valence-electron chi connectivity index (χ1n) is 7.60. The zero-order valence-corrected chi connectivity index (χ0v) is 16.2. The number of quaternary nitrogens is 1. The fourth-order valence-corrected chi connectivity index (χ4v) is 6.38. The Hall–Kier alpha value is -0.730. The minimum atomic E-state index is -3.33. The molecule has 1 aliphatic heterocycles. The van der Waals surface area contributed by atoms with Gasteiger partial charge < -0.3 is 4.90 Å². The highest BCUT2D eigenvalue weighted by Crippen LogP contribution is 2.28. The maximum Gasteiger partial charge on any atom is 0.252 e. The third kappa shape index (κ3) is 4.03. The molecule has 124 valence electrons. The van der Waals surface area contributed by atoms with Crippen molar-refractivity contribution in [2.45, 2.75) is 17.7 Å². The largest absolute Gasteiger partial charge is 0.329 e. The van der Waals surface area contributed by atoms with Crippen LogP contribution in [0.4, 0.5) is 0 Å². The van der Waals surface area contributed by atoms with Gasteiger partial charge in [0.25, 0.3) is 10.0 Å². The van der Waals surface area contributed by atoms with E-state index in [0.29, 0.717) is 17.3 Å². The van der Waals surface area contributed by atoms with Crippen molar-refractivity contribution in [3.63, 3.8) is 0 Å². The van der Waals surface area contributed by atoms with E-state index >= 15 is 0 Å². The van der Waals surface area contributed by atoms with Gasteiger partial charge in [0.2, 0.25) is 0 Å². The van der Waals surface area contributed by atoms with E-state index in [-0.39, 0.29) is 0 Å². The molecule has 0 radical (unpaired) electrons. The van der Waals surface area contributed by atoms with Crippen molar-refractivity contribution in [2.24, 2.45) is 0 Å². The Morgan fingerprint density at radius 3 is 2.35 bits per heavy atom. The van der Waals surface area contributed by atoms with Crippen LogP contribution in [0.5, 0.6) is 0 Å². The van der Waals surface area contributed by atoms with Crippen LogP contribution >= 0.6 is 27.3 Å². The topological polar surface area (TPSA) is 41.8 Å². The summed E-state index contributed by atoms with van der Waals surface area (Å²) in [6.07, 6.45) is 0. The highest BCUT2D eigenvalue weighted by atomic mass is 79.9. The van der Waals surface area contributed by atoms with Gasteiger partial charge >= 0.3 is 0 Å². The molecule has 2 heterocycles. The summed E-state index contributed by atoms with van der Waals surface area (Å²) in [5.74, 6) is 0. The first-order chi connectivity index (χ1) is 10.9. The summed E-state index contributed by atoms with van der Waals surface area (Å²) in [5.41, 5.74) is 2.57. The van der Waals surface area contributed by atoms with Crippen molar-refractivity contribution in [1.29, 1.82) is 0 Å². The van der Waals surface area contributed by atoms with Crippen LogP contribution in [-0.2, 0) is 16.6 Å². The quantitative estimate of drug-likeness (QED) is 0.828. The van der Waals surface area contributed by atoms with E-state index in [1.165, 1.54) is 27.4 Å². The first kappa shape index (κ1) is 17.1. The Morgan fingerprint density at radius 1 is 1.13 bits per heavy atom. The molecule has 1 saturated heterocycles. The lowest BCUT2D eigenvalue weighted by atomic mass is 10.1. The molecule has 4 nitrogen and oxygen atoms in total. The molecule has 1 aromatic heterocycles. The Bertz CT molecular complexity index is 764. The second-order valence-corrected chi connectivity index (χ2v) is 10.5. The van der Waals surface area contributed by atoms with Crippen LogP contribution in [0.1, 0.15) is 11.1 Å². The minimum absolute atomic E-state index is 0.423. The van der Waals surface area contributed by atoms with Crippen LogP contribution in [0.15, 0.2) is 44.4 Å². The van der Waals surface area contributed by atoms with Gasteiger partial charge in [0.05, 0.1) is 30.0 Å². The zero-order chi connectivity index (χ0) is 16.4. The average molecular weight is 416 g/mol. The summed E-state index contributed by atoms with van der Waals surface area (Å²) in [7, 11) is -3.33. The molecular weight excluding hydrogens is 396 g/mol. The second-order valence-electron chi connectivity index (χ2n) is 5.88. The lowest BCUT2D eigenvalue weighted by molar-refractivity contribution is -0.917. The van der Waals surface area contributed by atoms with Crippen molar-refractivity contribution >= 4 is 37.3 Å². The predicted molar refractivity (Wildman–Crippen MR) is 96.4 cm³/mol. The number of halogens is 1. The van der Waals surface area contributed by atoms with Crippen molar-refractivity contribution in [3.8, 4) is 0 Å². The number of thiophene rings is 1. The normalized spacial score (nSPS) is 17.5. The van der Waals surface area contributed by atoms with Gasteiger partial charge in [-0.05, 0) is 35.0 Å². The molecule has 0 unspecified atom stereocenters. The second kappa shape index (κ2) is 7.03. The zero-order valence-electron chi connectivity index (χ0n) is 13.0. The average Bonchev–Trinajstić information content (AvgIpc) is 2.98. The van der Waals surface area contributed by atoms with Crippen molar-refractivity contribution in [3.05, 3.63) is 51.3 Å². The summed E-state index contributed by atoms with van der Waals surface area (Å²) in [5, 5.41) is 0. The molecule has 3 rings (SSSR count). The fourth-order valence-electron chi connectivity index (χ4n) is 2.78. The Morgan fingerprint density at radius 2 is 1.78 bits per heavy atom. The molecule has 1 fully saturated rings. The van der Waals surface area contributed by atoms with E-state index < -0.39 is 10.0 Å². The molecule has 0 bridgehead atoms. The van der Waals surface area contributed by atoms with Crippen molar-refractivity contribution < 1.29 is 13.3 Å². The first-order valence-corrected chi connectivity index (χ1v) is 10.6.